The van der Waals surface area contributed by atoms with Crippen LogP contribution in [0, 0.1) is 0 Å². The van der Waals surface area contributed by atoms with E-state index < -0.39 is 0 Å². The van der Waals surface area contributed by atoms with Crippen LogP contribution in [0.15, 0.2) is 97.1 Å². The summed E-state index contributed by atoms with van der Waals surface area (Å²) in [5, 5.41) is 27.3. The minimum atomic E-state index is 0.161. The Hall–Kier alpha value is -4.32. The molecule has 0 aliphatic carbocycles. The van der Waals surface area contributed by atoms with Crippen molar-refractivity contribution in [3.63, 3.8) is 0 Å². The average molecular weight is 446 g/mol. The van der Waals surface area contributed by atoms with Gasteiger partial charge in [-0.2, -0.15) is 0 Å². The van der Waals surface area contributed by atoms with E-state index in [-0.39, 0.29) is 23.4 Å². The molecule has 0 saturated heterocycles. The zero-order valence-electron chi connectivity index (χ0n) is 18.4. The maximum atomic E-state index is 9.17. The molecule has 0 heterocycles. The van der Waals surface area contributed by atoms with Gasteiger partial charge in [0.2, 0.25) is 0 Å². The van der Waals surface area contributed by atoms with E-state index in [1.807, 2.05) is 38.1 Å². The molecule has 0 fully saturated rings. The molecule has 3 N–H and O–H groups in total. The van der Waals surface area contributed by atoms with Gasteiger partial charge in [0.15, 0.2) is 0 Å². The Morgan fingerprint density at radius 3 is 0.939 bits per heavy atom. The molecule has 4 aromatic carbocycles. The van der Waals surface area contributed by atoms with Crippen LogP contribution in [0.2, 0.25) is 0 Å². The fourth-order valence-electron chi connectivity index (χ4n) is 2.67. The molecular weight excluding hydrogens is 420 g/mol. The van der Waals surface area contributed by atoms with Gasteiger partial charge < -0.3 is 29.5 Å². The van der Waals surface area contributed by atoms with Crippen molar-refractivity contribution in [3.8, 4) is 46.0 Å². The molecule has 0 aliphatic rings. The van der Waals surface area contributed by atoms with E-state index in [1.54, 1.807) is 72.8 Å². The summed E-state index contributed by atoms with van der Waals surface area (Å²) in [6.07, 6.45) is 0.161. The van der Waals surface area contributed by atoms with Crippen LogP contribution in [-0.2, 0) is 0 Å². The summed E-state index contributed by atoms with van der Waals surface area (Å²) >= 11 is 0. The molecule has 6 nitrogen and oxygen atoms in total. The number of aromatic hydroxyl groups is 3. The van der Waals surface area contributed by atoms with Crippen molar-refractivity contribution in [2.24, 2.45) is 0 Å². The van der Waals surface area contributed by atoms with Crippen molar-refractivity contribution in [3.05, 3.63) is 97.1 Å². The third kappa shape index (κ3) is 8.03. The number of phenolic OH excluding ortho intramolecular Hbond substituents is 3. The minimum absolute atomic E-state index is 0.161. The zero-order chi connectivity index (χ0) is 23.6. The highest BCUT2D eigenvalue weighted by Crippen LogP contribution is 2.26. The number of hydrogen-bond donors (Lipinski definition) is 3. The second-order valence-electron chi connectivity index (χ2n) is 7.32. The van der Waals surface area contributed by atoms with Crippen molar-refractivity contribution >= 4 is 0 Å². The molecular formula is C27H26O6. The molecule has 6 heteroatoms. The fraction of sp³-hybridized carbons (Fsp3) is 0.111. The van der Waals surface area contributed by atoms with Crippen LogP contribution >= 0.6 is 0 Å². The first-order valence-corrected chi connectivity index (χ1v) is 10.4. The minimum Gasteiger partial charge on any atom is -0.508 e. The van der Waals surface area contributed by atoms with E-state index in [0.717, 1.165) is 11.5 Å². The summed E-state index contributed by atoms with van der Waals surface area (Å²) in [5.74, 6) is 4.14. The Morgan fingerprint density at radius 2 is 0.667 bits per heavy atom. The molecule has 0 saturated carbocycles. The van der Waals surface area contributed by atoms with Crippen LogP contribution in [0.1, 0.15) is 13.8 Å². The van der Waals surface area contributed by atoms with Gasteiger partial charge in [0.1, 0.15) is 46.0 Å². The number of benzene rings is 4. The van der Waals surface area contributed by atoms with E-state index in [9.17, 15) is 5.11 Å². The lowest BCUT2D eigenvalue weighted by molar-refractivity contribution is 0.242. The summed E-state index contributed by atoms with van der Waals surface area (Å²) in [7, 11) is 0. The highest BCUT2D eigenvalue weighted by molar-refractivity contribution is 5.38. The highest BCUT2D eigenvalue weighted by Gasteiger charge is 2.00. The van der Waals surface area contributed by atoms with Gasteiger partial charge >= 0.3 is 0 Å². The molecule has 0 aromatic heterocycles. The lowest BCUT2D eigenvalue weighted by atomic mass is 10.3. The molecule has 4 rings (SSSR count). The van der Waals surface area contributed by atoms with E-state index in [4.69, 9.17) is 24.4 Å². The molecule has 0 bridgehead atoms. The van der Waals surface area contributed by atoms with E-state index in [2.05, 4.69) is 0 Å². The van der Waals surface area contributed by atoms with Crippen molar-refractivity contribution in [1.29, 1.82) is 0 Å². The zero-order valence-corrected chi connectivity index (χ0v) is 18.4. The van der Waals surface area contributed by atoms with Crippen LogP contribution < -0.4 is 14.2 Å². The Labute approximate surface area is 192 Å². The summed E-state index contributed by atoms with van der Waals surface area (Å²) < 4.78 is 16.6. The van der Waals surface area contributed by atoms with Gasteiger partial charge in [-0.05, 0) is 111 Å². The normalized spacial score (nSPS) is 10.2. The average Bonchev–Trinajstić information content (AvgIpc) is 2.80. The monoisotopic (exact) mass is 446 g/mol. The van der Waals surface area contributed by atoms with Crippen LogP contribution in [0.25, 0.3) is 0 Å². The second-order valence-corrected chi connectivity index (χ2v) is 7.32. The second kappa shape index (κ2) is 11.3. The summed E-state index contributed by atoms with van der Waals surface area (Å²) in [5.41, 5.74) is 0. The van der Waals surface area contributed by atoms with Gasteiger partial charge in [0, 0.05) is 0 Å². The largest absolute Gasteiger partial charge is 0.508 e. The maximum absolute atomic E-state index is 9.17. The highest BCUT2D eigenvalue weighted by atomic mass is 16.5. The summed E-state index contributed by atoms with van der Waals surface area (Å²) in [6.45, 7) is 3.97. The Kier molecular flexibility index (Phi) is 8.02. The quantitative estimate of drug-likeness (QED) is 0.300. The van der Waals surface area contributed by atoms with Crippen LogP contribution in [0.4, 0.5) is 0 Å². The Bertz CT molecular complexity index is 1060. The third-order valence-corrected chi connectivity index (χ3v) is 4.18. The van der Waals surface area contributed by atoms with Gasteiger partial charge in [0.05, 0.1) is 6.10 Å². The lowest BCUT2D eigenvalue weighted by Gasteiger charge is -2.10. The molecule has 0 radical (unpaired) electrons. The molecule has 0 atom stereocenters. The predicted octanol–water partition coefficient (Wildman–Crippen LogP) is 6.86. The van der Waals surface area contributed by atoms with Crippen LogP contribution in [-0.4, -0.2) is 21.4 Å². The number of ether oxygens (including phenoxy) is 3. The number of rotatable bonds is 6. The smallest absolute Gasteiger partial charge is 0.127 e. The number of phenols is 3. The van der Waals surface area contributed by atoms with E-state index >= 15 is 0 Å². The molecule has 0 amide bonds. The fourth-order valence-corrected chi connectivity index (χ4v) is 2.67. The van der Waals surface area contributed by atoms with Crippen molar-refractivity contribution in [2.75, 3.05) is 0 Å². The van der Waals surface area contributed by atoms with Crippen molar-refractivity contribution in [2.45, 2.75) is 20.0 Å². The maximum Gasteiger partial charge on any atom is 0.127 e. The van der Waals surface area contributed by atoms with Crippen molar-refractivity contribution < 1.29 is 29.5 Å². The predicted molar refractivity (Wildman–Crippen MR) is 127 cm³/mol. The van der Waals surface area contributed by atoms with E-state index in [0.29, 0.717) is 17.2 Å². The molecule has 0 unspecified atom stereocenters. The molecule has 33 heavy (non-hydrogen) atoms. The summed E-state index contributed by atoms with van der Waals surface area (Å²) in [4.78, 5) is 0. The van der Waals surface area contributed by atoms with E-state index in [1.165, 1.54) is 0 Å². The van der Waals surface area contributed by atoms with Gasteiger partial charge in [0.25, 0.3) is 0 Å². The third-order valence-electron chi connectivity index (χ3n) is 4.18. The molecule has 0 aliphatic heterocycles. The van der Waals surface area contributed by atoms with Gasteiger partial charge in [-0.25, -0.2) is 0 Å². The first kappa shape index (κ1) is 23.3. The standard InChI is InChI=1S/C15H16O3.C12H10O3/c1-11(2)17-13-7-9-15(10-8-13)18-14-5-3-12(16)4-6-14;13-9-1-5-11(6-2-9)15-12-7-3-10(14)4-8-12/h3-11,16H,1-2H3;1-8,13-14H. The molecule has 0 spiro atoms. The van der Waals surface area contributed by atoms with Gasteiger partial charge in [-0.1, -0.05) is 0 Å². The summed E-state index contributed by atoms with van der Waals surface area (Å²) in [6, 6.07) is 26.9. The number of hydrogen-bond acceptors (Lipinski definition) is 6. The Morgan fingerprint density at radius 1 is 0.424 bits per heavy atom. The Balaban J connectivity index is 0.000000189. The first-order chi connectivity index (χ1) is 15.9. The SMILES string of the molecule is CC(C)Oc1ccc(Oc2ccc(O)cc2)cc1.Oc1ccc(Oc2ccc(O)cc2)cc1. The molecule has 170 valence electrons. The van der Waals surface area contributed by atoms with Crippen LogP contribution in [0.5, 0.6) is 46.0 Å². The lowest BCUT2D eigenvalue weighted by Crippen LogP contribution is -2.05. The first-order valence-electron chi connectivity index (χ1n) is 10.4. The van der Waals surface area contributed by atoms with Crippen molar-refractivity contribution in [1.82, 2.24) is 0 Å². The molecule has 4 aromatic rings. The van der Waals surface area contributed by atoms with Crippen LogP contribution in [0.3, 0.4) is 0 Å². The topological polar surface area (TPSA) is 88.4 Å². The van der Waals surface area contributed by atoms with Gasteiger partial charge in [-0.15, -0.1) is 0 Å². The van der Waals surface area contributed by atoms with Gasteiger partial charge in [-0.3, -0.25) is 0 Å².